The number of aromatic amines is 1. The van der Waals surface area contributed by atoms with Crippen LogP contribution >= 0.6 is 0 Å². The molecule has 3 aromatic rings. The van der Waals surface area contributed by atoms with Crippen LogP contribution in [0.5, 0.6) is 11.5 Å². The first kappa shape index (κ1) is 19.1. The minimum atomic E-state index is -0.490. The number of amides is 1. The van der Waals surface area contributed by atoms with E-state index in [0.29, 0.717) is 17.2 Å². The highest BCUT2D eigenvalue weighted by atomic mass is 16.5. The van der Waals surface area contributed by atoms with Crippen LogP contribution in [0, 0.1) is 11.3 Å². The number of methoxy groups -OCH3 is 2. The van der Waals surface area contributed by atoms with E-state index >= 15 is 0 Å². The molecule has 28 heavy (non-hydrogen) atoms. The molecule has 2 aromatic carbocycles. The largest absolute Gasteiger partial charge is 0.493 e. The number of aromatic nitrogens is 1. The molecule has 6 nitrogen and oxygen atoms in total. The van der Waals surface area contributed by atoms with Crippen LogP contribution in [0.3, 0.4) is 0 Å². The molecule has 0 bridgehead atoms. The van der Waals surface area contributed by atoms with E-state index in [1.807, 2.05) is 24.4 Å². The number of hydrogen-bond donors (Lipinski definition) is 2. The van der Waals surface area contributed by atoms with Gasteiger partial charge in [0.2, 0.25) is 0 Å². The van der Waals surface area contributed by atoms with Gasteiger partial charge in [0, 0.05) is 34.4 Å². The summed E-state index contributed by atoms with van der Waals surface area (Å²) in [5.41, 5.74) is 3.53. The Labute approximate surface area is 163 Å². The Morgan fingerprint density at radius 1 is 1.21 bits per heavy atom. The summed E-state index contributed by atoms with van der Waals surface area (Å²) < 4.78 is 10.4. The zero-order valence-electron chi connectivity index (χ0n) is 16.0. The molecule has 0 radical (unpaired) electrons. The van der Waals surface area contributed by atoms with Crippen molar-refractivity contribution >= 4 is 28.6 Å². The van der Waals surface area contributed by atoms with E-state index in [1.165, 1.54) is 19.8 Å². The molecule has 0 saturated heterocycles. The van der Waals surface area contributed by atoms with Crippen LogP contribution in [0.25, 0.3) is 17.0 Å². The summed E-state index contributed by atoms with van der Waals surface area (Å²) in [6.45, 7) is 2.09. The third kappa shape index (κ3) is 3.69. The smallest absolute Gasteiger partial charge is 0.266 e. The highest BCUT2D eigenvalue weighted by Gasteiger charge is 2.13. The quantitative estimate of drug-likeness (QED) is 0.497. The fraction of sp³-hybridized carbons (Fsp3) is 0.182. The van der Waals surface area contributed by atoms with Gasteiger partial charge in [-0.25, -0.2) is 0 Å². The maximum Gasteiger partial charge on any atom is 0.266 e. The average Bonchev–Trinajstić information content (AvgIpc) is 3.14. The summed E-state index contributed by atoms with van der Waals surface area (Å²) in [5.74, 6) is 0.560. The number of rotatable bonds is 6. The number of nitriles is 1. The van der Waals surface area contributed by atoms with Crippen LogP contribution in [-0.4, -0.2) is 25.1 Å². The Hall–Kier alpha value is -3.72. The van der Waals surface area contributed by atoms with Gasteiger partial charge in [-0.2, -0.15) is 5.26 Å². The van der Waals surface area contributed by atoms with Gasteiger partial charge in [-0.15, -0.1) is 0 Å². The SMILES string of the molecule is CCc1cccc2c(/C=C(\C#N)C(=O)Nc3ccc(OC)c(OC)c3)c[nH]c12. The Morgan fingerprint density at radius 2 is 2.00 bits per heavy atom. The van der Waals surface area contributed by atoms with E-state index in [9.17, 15) is 10.1 Å². The van der Waals surface area contributed by atoms with Gasteiger partial charge in [-0.3, -0.25) is 4.79 Å². The number of ether oxygens (including phenoxy) is 2. The lowest BCUT2D eigenvalue weighted by molar-refractivity contribution is -0.112. The van der Waals surface area contributed by atoms with Crippen LogP contribution < -0.4 is 14.8 Å². The van der Waals surface area contributed by atoms with Gasteiger partial charge in [0.05, 0.1) is 14.2 Å². The third-order valence-electron chi connectivity index (χ3n) is 4.52. The van der Waals surface area contributed by atoms with E-state index < -0.39 is 5.91 Å². The summed E-state index contributed by atoms with van der Waals surface area (Å²) in [4.78, 5) is 15.8. The van der Waals surface area contributed by atoms with Crippen molar-refractivity contribution in [1.82, 2.24) is 4.98 Å². The zero-order chi connectivity index (χ0) is 20.1. The molecule has 0 aliphatic rings. The Morgan fingerprint density at radius 3 is 2.68 bits per heavy atom. The minimum absolute atomic E-state index is 0.0117. The molecule has 142 valence electrons. The fourth-order valence-electron chi connectivity index (χ4n) is 3.07. The monoisotopic (exact) mass is 375 g/mol. The summed E-state index contributed by atoms with van der Waals surface area (Å²) in [6, 6.07) is 13.0. The number of nitrogens with zero attached hydrogens (tertiary/aromatic N) is 1. The van der Waals surface area contributed by atoms with Crippen molar-refractivity contribution in [2.24, 2.45) is 0 Å². The first-order chi connectivity index (χ1) is 13.6. The van der Waals surface area contributed by atoms with Crippen LogP contribution in [-0.2, 0) is 11.2 Å². The van der Waals surface area contributed by atoms with E-state index in [-0.39, 0.29) is 5.57 Å². The van der Waals surface area contributed by atoms with Crippen molar-refractivity contribution in [2.45, 2.75) is 13.3 Å². The molecule has 0 aliphatic carbocycles. The number of carbonyl (C=O) groups is 1. The fourth-order valence-corrected chi connectivity index (χ4v) is 3.07. The van der Waals surface area contributed by atoms with Crippen LogP contribution in [0.4, 0.5) is 5.69 Å². The van der Waals surface area contributed by atoms with Crippen molar-refractivity contribution in [1.29, 1.82) is 5.26 Å². The first-order valence-electron chi connectivity index (χ1n) is 8.85. The van der Waals surface area contributed by atoms with Crippen LogP contribution in [0.2, 0.25) is 0 Å². The van der Waals surface area contributed by atoms with Gasteiger partial charge in [0.15, 0.2) is 11.5 Å². The standard InChI is InChI=1S/C22H21N3O3/c1-4-14-6-5-7-18-16(13-24-21(14)18)10-15(12-23)22(26)25-17-8-9-19(27-2)20(11-17)28-3/h5-11,13,24H,4H2,1-3H3,(H,25,26)/b15-10+. The van der Waals surface area contributed by atoms with E-state index in [1.54, 1.807) is 24.3 Å². The molecule has 6 heteroatoms. The number of anilines is 1. The van der Waals surface area contributed by atoms with Crippen molar-refractivity contribution in [3.63, 3.8) is 0 Å². The van der Waals surface area contributed by atoms with Gasteiger partial charge in [-0.1, -0.05) is 25.1 Å². The lowest BCUT2D eigenvalue weighted by atomic mass is 10.1. The van der Waals surface area contributed by atoms with Gasteiger partial charge >= 0.3 is 0 Å². The highest BCUT2D eigenvalue weighted by molar-refractivity contribution is 6.11. The summed E-state index contributed by atoms with van der Waals surface area (Å²) >= 11 is 0. The number of hydrogen-bond acceptors (Lipinski definition) is 4. The van der Waals surface area contributed by atoms with Crippen molar-refractivity contribution in [2.75, 3.05) is 19.5 Å². The summed E-state index contributed by atoms with van der Waals surface area (Å²) in [6.07, 6.45) is 4.30. The third-order valence-corrected chi connectivity index (χ3v) is 4.52. The average molecular weight is 375 g/mol. The minimum Gasteiger partial charge on any atom is -0.493 e. The molecular formula is C22H21N3O3. The number of H-pyrrole nitrogens is 1. The summed E-state index contributed by atoms with van der Waals surface area (Å²) in [7, 11) is 3.06. The lowest BCUT2D eigenvalue weighted by Gasteiger charge is -2.10. The Kier molecular flexibility index (Phi) is 5.66. The number of carbonyl (C=O) groups excluding carboxylic acids is 1. The molecule has 0 atom stereocenters. The molecule has 0 saturated carbocycles. The second kappa shape index (κ2) is 8.31. The molecule has 1 aromatic heterocycles. The van der Waals surface area contributed by atoms with Crippen molar-refractivity contribution in [3.8, 4) is 17.6 Å². The van der Waals surface area contributed by atoms with Crippen molar-refractivity contribution in [3.05, 3.63) is 59.3 Å². The zero-order valence-corrected chi connectivity index (χ0v) is 16.0. The second-order valence-electron chi connectivity index (χ2n) is 6.13. The Bertz CT molecular complexity index is 1090. The number of para-hydroxylation sites is 1. The maximum absolute atomic E-state index is 12.6. The molecule has 1 heterocycles. The first-order valence-corrected chi connectivity index (χ1v) is 8.85. The van der Waals surface area contributed by atoms with Crippen LogP contribution in [0.1, 0.15) is 18.1 Å². The number of benzene rings is 2. The van der Waals surface area contributed by atoms with Gasteiger partial charge in [0.1, 0.15) is 11.6 Å². The molecule has 0 aliphatic heterocycles. The molecule has 2 N–H and O–H groups in total. The van der Waals surface area contributed by atoms with E-state index in [0.717, 1.165) is 22.9 Å². The normalized spacial score (nSPS) is 11.1. The highest BCUT2D eigenvalue weighted by Crippen LogP contribution is 2.30. The predicted molar refractivity (Wildman–Crippen MR) is 109 cm³/mol. The number of nitrogens with one attached hydrogen (secondary N) is 2. The molecule has 0 unspecified atom stereocenters. The topological polar surface area (TPSA) is 87.1 Å². The Balaban J connectivity index is 1.90. The molecule has 0 fully saturated rings. The number of aryl methyl sites for hydroxylation is 1. The lowest BCUT2D eigenvalue weighted by Crippen LogP contribution is -2.13. The molecule has 3 rings (SSSR count). The maximum atomic E-state index is 12.6. The van der Waals surface area contributed by atoms with E-state index in [2.05, 4.69) is 23.3 Å². The molecule has 0 spiro atoms. The predicted octanol–water partition coefficient (Wildman–Crippen LogP) is 4.29. The van der Waals surface area contributed by atoms with E-state index in [4.69, 9.17) is 9.47 Å². The van der Waals surface area contributed by atoms with Gasteiger partial charge < -0.3 is 19.8 Å². The second-order valence-corrected chi connectivity index (χ2v) is 6.13. The van der Waals surface area contributed by atoms with Gasteiger partial charge in [0.25, 0.3) is 5.91 Å². The summed E-state index contributed by atoms with van der Waals surface area (Å²) in [5, 5.41) is 13.2. The van der Waals surface area contributed by atoms with Crippen molar-refractivity contribution < 1.29 is 14.3 Å². The van der Waals surface area contributed by atoms with Crippen LogP contribution in [0.15, 0.2) is 48.2 Å². The van der Waals surface area contributed by atoms with Gasteiger partial charge in [-0.05, 0) is 30.2 Å². The number of fused-ring (bicyclic) bond motifs is 1. The molecular weight excluding hydrogens is 354 g/mol. The molecule has 1 amide bonds.